The van der Waals surface area contributed by atoms with Crippen molar-refractivity contribution in [1.82, 2.24) is 10.3 Å². The SMILES string of the molecule is CNCc1csc(N(C)C2CCCCC2C)n1. The summed E-state index contributed by atoms with van der Waals surface area (Å²) in [7, 11) is 4.17. The third kappa shape index (κ3) is 2.99. The predicted octanol–water partition coefficient (Wildman–Crippen LogP) is 2.88. The Labute approximate surface area is 108 Å². The average molecular weight is 253 g/mol. The highest BCUT2D eigenvalue weighted by molar-refractivity contribution is 7.13. The molecule has 0 bridgehead atoms. The molecule has 1 aromatic rings. The van der Waals surface area contributed by atoms with Crippen LogP contribution < -0.4 is 10.2 Å². The summed E-state index contributed by atoms with van der Waals surface area (Å²) >= 11 is 1.77. The van der Waals surface area contributed by atoms with Crippen molar-refractivity contribution in [1.29, 1.82) is 0 Å². The molecule has 2 atom stereocenters. The second-order valence-electron chi connectivity index (χ2n) is 5.09. The van der Waals surface area contributed by atoms with Gasteiger partial charge in [-0.2, -0.15) is 0 Å². The van der Waals surface area contributed by atoms with Crippen molar-refractivity contribution in [3.05, 3.63) is 11.1 Å². The molecule has 0 aliphatic heterocycles. The van der Waals surface area contributed by atoms with Crippen LogP contribution in [-0.4, -0.2) is 25.1 Å². The van der Waals surface area contributed by atoms with E-state index in [4.69, 9.17) is 4.98 Å². The van der Waals surface area contributed by atoms with Gasteiger partial charge in [0, 0.05) is 25.0 Å². The Balaban J connectivity index is 2.04. The molecular formula is C13H23N3S. The topological polar surface area (TPSA) is 28.2 Å². The summed E-state index contributed by atoms with van der Waals surface area (Å²) in [5.74, 6) is 0.797. The molecule has 0 saturated heterocycles. The van der Waals surface area contributed by atoms with Gasteiger partial charge in [-0.15, -0.1) is 11.3 Å². The first-order valence-electron chi connectivity index (χ1n) is 6.54. The predicted molar refractivity (Wildman–Crippen MR) is 74.7 cm³/mol. The maximum Gasteiger partial charge on any atom is 0.185 e. The number of aromatic nitrogens is 1. The van der Waals surface area contributed by atoms with Crippen LogP contribution in [0.4, 0.5) is 5.13 Å². The molecule has 1 saturated carbocycles. The first kappa shape index (κ1) is 12.8. The Kier molecular flexibility index (Phi) is 4.40. The van der Waals surface area contributed by atoms with Crippen molar-refractivity contribution >= 4 is 16.5 Å². The third-order valence-electron chi connectivity index (χ3n) is 3.76. The molecule has 1 aliphatic rings. The lowest BCUT2D eigenvalue weighted by Gasteiger charge is -2.36. The Morgan fingerprint density at radius 1 is 1.47 bits per heavy atom. The lowest BCUT2D eigenvalue weighted by molar-refractivity contribution is 0.321. The molecule has 0 amide bonds. The fourth-order valence-electron chi connectivity index (χ4n) is 2.73. The molecule has 1 N–H and O–H groups in total. The molecule has 0 aromatic carbocycles. The van der Waals surface area contributed by atoms with Crippen molar-refractivity contribution < 1.29 is 0 Å². The average Bonchev–Trinajstić information content (AvgIpc) is 2.78. The number of anilines is 1. The maximum atomic E-state index is 4.69. The molecule has 17 heavy (non-hydrogen) atoms. The van der Waals surface area contributed by atoms with Crippen LogP contribution in [0.1, 0.15) is 38.3 Å². The lowest BCUT2D eigenvalue weighted by Crippen LogP contribution is -2.38. The zero-order chi connectivity index (χ0) is 12.3. The summed E-state index contributed by atoms with van der Waals surface area (Å²) in [5.41, 5.74) is 1.16. The Bertz CT molecular complexity index is 350. The van der Waals surface area contributed by atoms with Crippen LogP contribution in [0.15, 0.2) is 5.38 Å². The summed E-state index contributed by atoms with van der Waals surface area (Å²) < 4.78 is 0. The molecule has 2 unspecified atom stereocenters. The Morgan fingerprint density at radius 2 is 2.24 bits per heavy atom. The highest BCUT2D eigenvalue weighted by atomic mass is 32.1. The number of hydrogen-bond donors (Lipinski definition) is 1. The Morgan fingerprint density at radius 3 is 2.94 bits per heavy atom. The van der Waals surface area contributed by atoms with Crippen molar-refractivity contribution in [2.45, 2.75) is 45.2 Å². The van der Waals surface area contributed by atoms with E-state index in [1.165, 1.54) is 30.8 Å². The molecule has 1 aliphatic carbocycles. The van der Waals surface area contributed by atoms with E-state index >= 15 is 0 Å². The monoisotopic (exact) mass is 253 g/mol. The van der Waals surface area contributed by atoms with E-state index in [0.717, 1.165) is 18.2 Å². The first-order valence-corrected chi connectivity index (χ1v) is 7.42. The van der Waals surface area contributed by atoms with Crippen molar-refractivity contribution in [2.24, 2.45) is 5.92 Å². The van der Waals surface area contributed by atoms with Crippen molar-refractivity contribution in [2.75, 3.05) is 19.0 Å². The minimum absolute atomic E-state index is 0.678. The van der Waals surface area contributed by atoms with Gasteiger partial charge in [0.25, 0.3) is 0 Å². The molecule has 1 heterocycles. The molecule has 1 fully saturated rings. The van der Waals surface area contributed by atoms with E-state index < -0.39 is 0 Å². The molecule has 2 rings (SSSR count). The van der Waals surface area contributed by atoms with Crippen LogP contribution in [0.2, 0.25) is 0 Å². The van der Waals surface area contributed by atoms with E-state index in [1.807, 2.05) is 7.05 Å². The van der Waals surface area contributed by atoms with Crippen LogP contribution in [0.5, 0.6) is 0 Å². The quantitative estimate of drug-likeness (QED) is 0.894. The minimum Gasteiger partial charge on any atom is -0.348 e. The molecule has 3 nitrogen and oxygen atoms in total. The zero-order valence-electron chi connectivity index (χ0n) is 11.1. The molecular weight excluding hydrogens is 230 g/mol. The fourth-order valence-corrected chi connectivity index (χ4v) is 3.58. The first-order chi connectivity index (χ1) is 8.22. The van der Waals surface area contributed by atoms with Gasteiger partial charge in [-0.25, -0.2) is 4.98 Å². The van der Waals surface area contributed by atoms with Gasteiger partial charge in [-0.3, -0.25) is 0 Å². The highest BCUT2D eigenvalue weighted by Crippen LogP contribution is 2.31. The number of nitrogens with one attached hydrogen (secondary N) is 1. The minimum atomic E-state index is 0.678. The van der Waals surface area contributed by atoms with Gasteiger partial charge in [-0.05, 0) is 25.8 Å². The van der Waals surface area contributed by atoms with E-state index in [9.17, 15) is 0 Å². The van der Waals surface area contributed by atoms with Gasteiger partial charge in [0.05, 0.1) is 5.69 Å². The summed E-state index contributed by atoms with van der Waals surface area (Å²) in [6.45, 7) is 3.24. The number of rotatable bonds is 4. The van der Waals surface area contributed by atoms with Crippen molar-refractivity contribution in [3.63, 3.8) is 0 Å². The van der Waals surface area contributed by atoms with Crippen LogP contribution in [0.3, 0.4) is 0 Å². The standard InChI is InChI=1S/C13H23N3S/c1-10-6-4-5-7-12(10)16(3)13-15-11(8-14-2)9-17-13/h9-10,12,14H,4-8H2,1-3H3. The van der Waals surface area contributed by atoms with E-state index in [2.05, 4.69) is 29.6 Å². The van der Waals surface area contributed by atoms with Gasteiger partial charge in [0.2, 0.25) is 0 Å². The largest absolute Gasteiger partial charge is 0.348 e. The fraction of sp³-hybridized carbons (Fsp3) is 0.769. The maximum absolute atomic E-state index is 4.69. The summed E-state index contributed by atoms with van der Waals surface area (Å²) in [4.78, 5) is 7.09. The van der Waals surface area contributed by atoms with E-state index in [-0.39, 0.29) is 0 Å². The smallest absolute Gasteiger partial charge is 0.185 e. The second-order valence-corrected chi connectivity index (χ2v) is 5.93. The molecule has 0 spiro atoms. The second kappa shape index (κ2) is 5.83. The summed E-state index contributed by atoms with van der Waals surface area (Å²) in [6.07, 6.45) is 5.45. The normalized spacial score (nSPS) is 24.9. The summed E-state index contributed by atoms with van der Waals surface area (Å²) in [5, 5.41) is 6.49. The van der Waals surface area contributed by atoms with Gasteiger partial charge in [-0.1, -0.05) is 19.8 Å². The Hall–Kier alpha value is -0.610. The number of hydrogen-bond acceptors (Lipinski definition) is 4. The number of nitrogens with zero attached hydrogens (tertiary/aromatic N) is 2. The molecule has 1 aromatic heterocycles. The van der Waals surface area contributed by atoms with Gasteiger partial charge < -0.3 is 10.2 Å². The van der Waals surface area contributed by atoms with Crippen LogP contribution in [0.25, 0.3) is 0 Å². The number of thiazole rings is 1. The summed E-state index contributed by atoms with van der Waals surface area (Å²) in [6, 6.07) is 0.678. The van der Waals surface area contributed by atoms with Crippen molar-refractivity contribution in [3.8, 4) is 0 Å². The van der Waals surface area contributed by atoms with E-state index in [1.54, 1.807) is 11.3 Å². The highest BCUT2D eigenvalue weighted by Gasteiger charge is 2.26. The third-order valence-corrected chi connectivity index (χ3v) is 4.74. The molecule has 96 valence electrons. The molecule has 4 heteroatoms. The molecule has 0 radical (unpaired) electrons. The van der Waals surface area contributed by atoms with Gasteiger partial charge >= 0.3 is 0 Å². The van der Waals surface area contributed by atoms with Crippen LogP contribution >= 0.6 is 11.3 Å². The van der Waals surface area contributed by atoms with Gasteiger partial charge in [0.1, 0.15) is 0 Å². The van der Waals surface area contributed by atoms with E-state index in [0.29, 0.717) is 6.04 Å². The zero-order valence-corrected chi connectivity index (χ0v) is 11.9. The van der Waals surface area contributed by atoms with Crippen LogP contribution in [0, 0.1) is 5.92 Å². The van der Waals surface area contributed by atoms with Gasteiger partial charge in [0.15, 0.2) is 5.13 Å². The van der Waals surface area contributed by atoms with Crippen LogP contribution in [-0.2, 0) is 6.54 Å². The lowest BCUT2D eigenvalue weighted by atomic mass is 9.85.